The number of hydrogen-bond donors (Lipinski definition) is 0. The number of pyridine rings is 1. The summed E-state index contributed by atoms with van der Waals surface area (Å²) in [4.78, 5) is 29.8. The van der Waals surface area contributed by atoms with Gasteiger partial charge in [0.2, 0.25) is 0 Å². The van der Waals surface area contributed by atoms with Crippen LogP contribution in [0.2, 0.25) is 0 Å². The highest BCUT2D eigenvalue weighted by molar-refractivity contribution is 5.99. The number of carbonyl (C=O) groups excluding carboxylic acids is 2. The van der Waals surface area contributed by atoms with Crippen LogP contribution in [0.15, 0.2) is 66.9 Å². The van der Waals surface area contributed by atoms with Crippen molar-refractivity contribution in [1.82, 2.24) is 9.88 Å². The van der Waals surface area contributed by atoms with Gasteiger partial charge in [0.15, 0.2) is 0 Å². The van der Waals surface area contributed by atoms with Gasteiger partial charge in [-0.2, -0.15) is 0 Å². The van der Waals surface area contributed by atoms with E-state index in [1.54, 1.807) is 0 Å². The lowest BCUT2D eigenvalue weighted by atomic mass is 10.0. The normalized spacial score (nSPS) is 14.0. The van der Waals surface area contributed by atoms with E-state index in [1.807, 2.05) is 54.4 Å². The molecule has 4 rings (SSSR count). The Morgan fingerprint density at radius 1 is 1.04 bits per heavy atom. The minimum atomic E-state index is 0.0485. The highest BCUT2D eigenvalue weighted by Crippen LogP contribution is 2.30. The van der Waals surface area contributed by atoms with Crippen molar-refractivity contribution in [2.45, 2.75) is 32.4 Å². The number of carbonyl (C=O) groups is 2. The third-order valence-corrected chi connectivity index (χ3v) is 5.34. The first-order valence-electron chi connectivity index (χ1n) is 9.57. The van der Waals surface area contributed by atoms with Gasteiger partial charge in [0.25, 0.3) is 5.91 Å². The molecule has 4 nitrogen and oxygen atoms in total. The van der Waals surface area contributed by atoms with Crippen molar-refractivity contribution >= 4 is 12.2 Å². The first-order chi connectivity index (χ1) is 13.7. The molecule has 0 N–H and O–H groups in total. The molecule has 1 atom stereocenters. The van der Waals surface area contributed by atoms with Crippen molar-refractivity contribution in [1.29, 1.82) is 0 Å². The summed E-state index contributed by atoms with van der Waals surface area (Å²) in [7, 11) is 0. The number of aldehydes is 1. The average molecular weight is 370 g/mol. The van der Waals surface area contributed by atoms with Crippen LogP contribution in [0.4, 0.5) is 0 Å². The second-order valence-electron chi connectivity index (χ2n) is 7.20. The van der Waals surface area contributed by atoms with E-state index in [0.29, 0.717) is 19.4 Å². The molecule has 0 radical (unpaired) electrons. The van der Waals surface area contributed by atoms with E-state index in [-0.39, 0.29) is 11.9 Å². The number of hydrogen-bond acceptors (Lipinski definition) is 3. The molecule has 0 spiro atoms. The molecule has 1 amide bonds. The molecule has 2 heterocycles. The van der Waals surface area contributed by atoms with Crippen LogP contribution in [0, 0.1) is 0 Å². The molecule has 0 fully saturated rings. The molecule has 1 aliphatic rings. The molecule has 3 aromatic rings. The number of amides is 1. The van der Waals surface area contributed by atoms with Gasteiger partial charge in [-0.15, -0.1) is 0 Å². The molecule has 28 heavy (non-hydrogen) atoms. The molecule has 140 valence electrons. The fraction of sp³-hybridized carbons (Fsp3) is 0.208. The summed E-state index contributed by atoms with van der Waals surface area (Å²) in [6.45, 7) is 2.59. The zero-order chi connectivity index (χ0) is 19.5. The Labute approximate surface area is 164 Å². The molecule has 0 bridgehead atoms. The summed E-state index contributed by atoms with van der Waals surface area (Å²) in [6, 6.07) is 20.2. The van der Waals surface area contributed by atoms with Gasteiger partial charge in [-0.25, -0.2) is 0 Å². The van der Waals surface area contributed by atoms with Crippen molar-refractivity contribution in [3.05, 3.63) is 78.0 Å². The zero-order valence-electron chi connectivity index (χ0n) is 15.8. The van der Waals surface area contributed by atoms with E-state index in [4.69, 9.17) is 0 Å². The Morgan fingerprint density at radius 2 is 1.82 bits per heavy atom. The lowest BCUT2D eigenvalue weighted by Gasteiger charge is -2.23. The Morgan fingerprint density at radius 3 is 2.54 bits per heavy atom. The Bertz CT molecular complexity index is 997. The van der Waals surface area contributed by atoms with Gasteiger partial charge in [-0.3, -0.25) is 9.78 Å². The van der Waals surface area contributed by atoms with Crippen LogP contribution >= 0.6 is 0 Å². The van der Waals surface area contributed by atoms with E-state index in [0.717, 1.165) is 39.8 Å². The third kappa shape index (κ3) is 3.46. The zero-order valence-corrected chi connectivity index (χ0v) is 15.8. The van der Waals surface area contributed by atoms with Gasteiger partial charge in [0.05, 0.1) is 5.69 Å². The predicted octanol–water partition coefficient (Wildman–Crippen LogP) is 4.74. The molecule has 0 saturated heterocycles. The summed E-state index contributed by atoms with van der Waals surface area (Å²) in [5, 5.41) is 0. The standard InChI is InChI=1S/C24H22N2O2/c1-17(6-5-13-27)26-16-21-14-19(9-11-22(21)24(26)28)23-12-10-20(15-25-23)18-7-3-2-4-8-18/h2-4,7-15,17H,5-6,16H2,1H3. The Kier molecular flexibility index (Phi) is 5.02. The number of fused-ring (bicyclic) bond motifs is 1. The van der Waals surface area contributed by atoms with E-state index in [9.17, 15) is 9.59 Å². The maximum Gasteiger partial charge on any atom is 0.254 e. The first-order valence-corrected chi connectivity index (χ1v) is 9.57. The van der Waals surface area contributed by atoms with Crippen molar-refractivity contribution in [3.8, 4) is 22.4 Å². The summed E-state index contributed by atoms with van der Waals surface area (Å²) in [6.07, 6.45) is 3.97. The van der Waals surface area contributed by atoms with Crippen LogP contribution in [-0.2, 0) is 11.3 Å². The SMILES string of the molecule is CC(CCC=O)N1Cc2cc(-c3ccc(-c4ccccc4)cn3)ccc2C1=O. The van der Waals surface area contributed by atoms with E-state index in [2.05, 4.69) is 29.2 Å². The van der Waals surface area contributed by atoms with Gasteiger partial charge in [0, 0.05) is 41.9 Å². The molecule has 0 aliphatic carbocycles. The minimum absolute atomic E-state index is 0.0485. The fourth-order valence-electron chi connectivity index (χ4n) is 3.69. The average Bonchev–Trinajstić information content (AvgIpc) is 3.09. The highest BCUT2D eigenvalue weighted by atomic mass is 16.2. The topological polar surface area (TPSA) is 50.3 Å². The van der Waals surface area contributed by atoms with Crippen LogP contribution in [0.25, 0.3) is 22.4 Å². The molecule has 1 aromatic heterocycles. The van der Waals surface area contributed by atoms with Crippen LogP contribution < -0.4 is 0 Å². The van der Waals surface area contributed by atoms with Gasteiger partial charge < -0.3 is 9.69 Å². The summed E-state index contributed by atoms with van der Waals surface area (Å²) in [5.74, 6) is 0.0485. The second kappa shape index (κ2) is 7.77. The minimum Gasteiger partial charge on any atom is -0.332 e. The van der Waals surface area contributed by atoms with Gasteiger partial charge in [-0.05, 0) is 42.7 Å². The summed E-state index contributed by atoms with van der Waals surface area (Å²) < 4.78 is 0. The Hall–Kier alpha value is -3.27. The quantitative estimate of drug-likeness (QED) is 0.589. The van der Waals surface area contributed by atoms with Crippen LogP contribution in [0.3, 0.4) is 0 Å². The van der Waals surface area contributed by atoms with Gasteiger partial charge in [0.1, 0.15) is 6.29 Å². The number of rotatable bonds is 6. The third-order valence-electron chi connectivity index (χ3n) is 5.34. The highest BCUT2D eigenvalue weighted by Gasteiger charge is 2.30. The molecular formula is C24H22N2O2. The first kappa shape index (κ1) is 18.1. The molecule has 4 heteroatoms. The number of aromatic nitrogens is 1. The van der Waals surface area contributed by atoms with Crippen LogP contribution in [0.1, 0.15) is 35.7 Å². The smallest absolute Gasteiger partial charge is 0.254 e. The van der Waals surface area contributed by atoms with Gasteiger partial charge >= 0.3 is 0 Å². The van der Waals surface area contributed by atoms with Crippen molar-refractivity contribution in [3.63, 3.8) is 0 Å². The van der Waals surface area contributed by atoms with Crippen LogP contribution in [0.5, 0.6) is 0 Å². The second-order valence-corrected chi connectivity index (χ2v) is 7.20. The van der Waals surface area contributed by atoms with Crippen molar-refractivity contribution < 1.29 is 9.59 Å². The van der Waals surface area contributed by atoms with Crippen molar-refractivity contribution in [2.24, 2.45) is 0 Å². The fourth-order valence-corrected chi connectivity index (χ4v) is 3.69. The molecular weight excluding hydrogens is 348 g/mol. The summed E-state index contributed by atoms with van der Waals surface area (Å²) >= 11 is 0. The Balaban J connectivity index is 1.56. The lowest BCUT2D eigenvalue weighted by molar-refractivity contribution is -0.108. The number of benzene rings is 2. The van der Waals surface area contributed by atoms with Gasteiger partial charge in [-0.1, -0.05) is 42.5 Å². The molecule has 1 aliphatic heterocycles. The maximum absolute atomic E-state index is 12.7. The van der Waals surface area contributed by atoms with E-state index in [1.165, 1.54) is 0 Å². The van der Waals surface area contributed by atoms with Crippen LogP contribution in [-0.4, -0.2) is 28.1 Å². The number of nitrogens with zero attached hydrogens (tertiary/aromatic N) is 2. The molecule has 1 unspecified atom stereocenters. The maximum atomic E-state index is 12.7. The largest absolute Gasteiger partial charge is 0.332 e. The molecule has 0 saturated carbocycles. The van der Waals surface area contributed by atoms with E-state index < -0.39 is 0 Å². The predicted molar refractivity (Wildman–Crippen MR) is 110 cm³/mol. The lowest BCUT2D eigenvalue weighted by Crippen LogP contribution is -2.33. The monoisotopic (exact) mass is 370 g/mol. The molecule has 2 aromatic carbocycles. The summed E-state index contributed by atoms with van der Waals surface area (Å²) in [5.41, 5.74) is 5.89. The van der Waals surface area contributed by atoms with E-state index >= 15 is 0 Å². The van der Waals surface area contributed by atoms with Crippen molar-refractivity contribution in [2.75, 3.05) is 0 Å².